The molecule has 0 amide bonds. The van der Waals surface area contributed by atoms with Gasteiger partial charge >= 0.3 is 0 Å². The zero-order valence-corrected chi connectivity index (χ0v) is 13.4. The second-order valence-electron chi connectivity index (χ2n) is 6.13. The van der Waals surface area contributed by atoms with E-state index in [1.807, 2.05) is 6.07 Å². The van der Waals surface area contributed by atoms with Crippen molar-refractivity contribution in [2.24, 2.45) is 0 Å². The third kappa shape index (κ3) is 3.15. The first-order chi connectivity index (χ1) is 12.0. The van der Waals surface area contributed by atoms with Crippen LogP contribution in [0.2, 0.25) is 0 Å². The highest BCUT2D eigenvalue weighted by atomic mass is 19.1. The summed E-state index contributed by atoms with van der Waals surface area (Å²) < 4.78 is 29.3. The van der Waals surface area contributed by atoms with Crippen molar-refractivity contribution >= 4 is 5.78 Å². The predicted molar refractivity (Wildman–Crippen MR) is 85.7 cm³/mol. The second-order valence-corrected chi connectivity index (χ2v) is 6.13. The van der Waals surface area contributed by atoms with Crippen molar-refractivity contribution in [2.45, 2.75) is 37.5 Å². The zero-order chi connectivity index (χ0) is 18.0. The van der Waals surface area contributed by atoms with Gasteiger partial charge in [-0.25, -0.2) is 8.78 Å². The number of hydrogen-bond acceptors (Lipinski definition) is 4. The zero-order valence-electron chi connectivity index (χ0n) is 13.4. The first kappa shape index (κ1) is 17.2. The Kier molecular flexibility index (Phi) is 4.60. The lowest BCUT2D eigenvalue weighted by Gasteiger charge is -2.32. The number of Topliss-reactive ketones (excluding diaryl/α,β-unsaturated/α-hetero) is 1. The number of benzene rings is 1. The fourth-order valence-electron chi connectivity index (χ4n) is 3.18. The van der Waals surface area contributed by atoms with Crippen LogP contribution in [-0.2, 0) is 16.9 Å². The van der Waals surface area contributed by atoms with Crippen molar-refractivity contribution in [3.63, 3.8) is 0 Å². The van der Waals surface area contributed by atoms with E-state index in [1.165, 1.54) is 30.5 Å². The molecule has 0 spiro atoms. The van der Waals surface area contributed by atoms with Crippen LogP contribution in [0.5, 0.6) is 0 Å². The van der Waals surface area contributed by atoms with Crippen molar-refractivity contribution < 1.29 is 18.7 Å². The summed E-state index contributed by atoms with van der Waals surface area (Å²) in [5.41, 5.74) is -1.48. The number of aliphatic hydroxyl groups excluding tert-OH is 1. The lowest BCUT2D eigenvalue weighted by molar-refractivity contribution is -0.133. The van der Waals surface area contributed by atoms with Gasteiger partial charge in [0.15, 0.2) is 11.5 Å². The fraction of sp³-hybridized carbons (Fsp3) is 0.316. The third-order valence-electron chi connectivity index (χ3n) is 4.59. The maximum atomic E-state index is 15.4. The Morgan fingerprint density at radius 2 is 2.24 bits per heavy atom. The lowest BCUT2D eigenvalue weighted by Crippen LogP contribution is -2.37. The highest BCUT2D eigenvalue weighted by Crippen LogP contribution is 2.43. The van der Waals surface area contributed by atoms with Crippen LogP contribution in [0.15, 0.2) is 36.5 Å². The van der Waals surface area contributed by atoms with Crippen LogP contribution in [0.1, 0.15) is 47.8 Å². The molecule has 2 atom stereocenters. The number of rotatable bonds is 4. The minimum absolute atomic E-state index is 0.0419. The topological polar surface area (TPSA) is 74.0 Å². The van der Waals surface area contributed by atoms with Crippen molar-refractivity contribution in [3.8, 4) is 6.07 Å². The number of hydrogen-bond donors (Lipinski definition) is 1. The summed E-state index contributed by atoms with van der Waals surface area (Å²) in [5, 5.41) is 18.7. The molecule has 6 heteroatoms. The fourth-order valence-corrected chi connectivity index (χ4v) is 3.18. The van der Waals surface area contributed by atoms with E-state index in [0.29, 0.717) is 0 Å². The number of aromatic nitrogens is 1. The molecule has 1 aliphatic carbocycles. The third-order valence-corrected chi connectivity index (χ3v) is 4.59. The number of carbonyl (C=O) groups is 1. The summed E-state index contributed by atoms with van der Waals surface area (Å²) in [7, 11) is 0. The van der Waals surface area contributed by atoms with Crippen LogP contribution in [-0.4, -0.2) is 15.9 Å². The molecule has 128 valence electrons. The highest BCUT2D eigenvalue weighted by Gasteiger charge is 2.45. The quantitative estimate of drug-likeness (QED) is 0.925. The SMILES string of the molecule is N#Cc1ccc(CCC(=O)[C@]2(F)CC[C@H](O)c3ncccc32)c(F)c1. The molecular formula is C19H16F2N2O2. The number of fused-ring (bicyclic) bond motifs is 1. The number of pyridine rings is 1. The van der Waals surface area contributed by atoms with E-state index in [-0.39, 0.29) is 48.1 Å². The Morgan fingerprint density at radius 3 is 2.96 bits per heavy atom. The van der Waals surface area contributed by atoms with Gasteiger partial charge in [-0.2, -0.15) is 5.26 Å². The van der Waals surface area contributed by atoms with E-state index >= 15 is 4.39 Å². The molecule has 3 rings (SSSR count). The van der Waals surface area contributed by atoms with Gasteiger partial charge in [0.1, 0.15) is 5.82 Å². The van der Waals surface area contributed by atoms with Gasteiger partial charge in [0.25, 0.3) is 0 Å². The molecule has 0 aliphatic heterocycles. The van der Waals surface area contributed by atoms with Crippen LogP contribution in [0.3, 0.4) is 0 Å². The van der Waals surface area contributed by atoms with Gasteiger partial charge in [-0.3, -0.25) is 9.78 Å². The number of nitriles is 1. The molecular weight excluding hydrogens is 326 g/mol. The molecule has 0 saturated carbocycles. The summed E-state index contributed by atoms with van der Waals surface area (Å²) in [4.78, 5) is 16.5. The van der Waals surface area contributed by atoms with Gasteiger partial charge in [-0.05, 0) is 43.0 Å². The van der Waals surface area contributed by atoms with E-state index in [1.54, 1.807) is 0 Å². The first-order valence-electron chi connectivity index (χ1n) is 8.00. The molecule has 1 aliphatic rings. The summed E-state index contributed by atoms with van der Waals surface area (Å²) in [6, 6.07) is 8.82. The van der Waals surface area contributed by atoms with Gasteiger partial charge < -0.3 is 5.11 Å². The molecule has 25 heavy (non-hydrogen) atoms. The number of alkyl halides is 1. The van der Waals surface area contributed by atoms with Crippen molar-refractivity contribution in [1.29, 1.82) is 5.26 Å². The minimum atomic E-state index is -2.22. The summed E-state index contributed by atoms with van der Waals surface area (Å²) in [6.45, 7) is 0. The average Bonchev–Trinajstić information content (AvgIpc) is 2.63. The standard InChI is InChI=1S/C19H16F2N2O2/c20-15-10-12(11-22)3-4-13(15)5-6-17(25)19(21)8-7-16(24)18-14(19)2-1-9-23-18/h1-4,9-10,16,24H,5-8H2/t16-,19-/m0/s1. The average molecular weight is 342 g/mol. The van der Waals surface area contributed by atoms with E-state index < -0.39 is 23.4 Å². The van der Waals surface area contributed by atoms with Crippen LogP contribution < -0.4 is 0 Å². The van der Waals surface area contributed by atoms with E-state index in [4.69, 9.17) is 5.26 Å². The van der Waals surface area contributed by atoms with Crippen LogP contribution in [0.4, 0.5) is 8.78 Å². The maximum Gasteiger partial charge on any atom is 0.195 e. The Hall–Kier alpha value is -2.65. The molecule has 1 heterocycles. The molecule has 1 aromatic heterocycles. The smallest absolute Gasteiger partial charge is 0.195 e. The van der Waals surface area contributed by atoms with E-state index in [9.17, 15) is 14.3 Å². The van der Waals surface area contributed by atoms with Gasteiger partial charge in [0.05, 0.1) is 23.4 Å². The first-order valence-corrected chi connectivity index (χ1v) is 8.00. The summed E-state index contributed by atoms with van der Waals surface area (Å²) in [5.74, 6) is -1.24. The lowest BCUT2D eigenvalue weighted by atomic mass is 9.77. The molecule has 0 radical (unpaired) electrons. The van der Waals surface area contributed by atoms with Crippen LogP contribution in [0.25, 0.3) is 0 Å². The molecule has 0 unspecified atom stereocenters. The summed E-state index contributed by atoms with van der Waals surface area (Å²) in [6.07, 6.45) is 0.414. The molecule has 0 fully saturated rings. The normalized spacial score (nSPS) is 22.1. The van der Waals surface area contributed by atoms with E-state index in [2.05, 4.69) is 4.98 Å². The van der Waals surface area contributed by atoms with Crippen LogP contribution in [0, 0.1) is 17.1 Å². The molecule has 4 nitrogen and oxygen atoms in total. The van der Waals surface area contributed by atoms with Gasteiger partial charge in [-0.15, -0.1) is 0 Å². The Labute approximate surface area is 143 Å². The van der Waals surface area contributed by atoms with Crippen molar-refractivity contribution in [3.05, 3.63) is 64.7 Å². The van der Waals surface area contributed by atoms with Gasteiger partial charge in [0, 0.05) is 18.2 Å². The minimum Gasteiger partial charge on any atom is -0.387 e. The molecule has 1 aromatic carbocycles. The molecule has 1 N–H and O–H groups in total. The number of carbonyl (C=O) groups excluding carboxylic acids is 1. The molecule has 0 saturated heterocycles. The van der Waals surface area contributed by atoms with Crippen LogP contribution >= 0.6 is 0 Å². The number of aryl methyl sites for hydroxylation is 1. The number of ketones is 1. The number of nitrogens with zero attached hydrogens (tertiary/aromatic N) is 2. The second kappa shape index (κ2) is 6.69. The molecule has 2 aromatic rings. The van der Waals surface area contributed by atoms with Crippen molar-refractivity contribution in [1.82, 2.24) is 4.98 Å². The van der Waals surface area contributed by atoms with E-state index in [0.717, 1.165) is 6.07 Å². The largest absolute Gasteiger partial charge is 0.387 e. The maximum absolute atomic E-state index is 15.4. The summed E-state index contributed by atoms with van der Waals surface area (Å²) >= 11 is 0. The highest BCUT2D eigenvalue weighted by molar-refractivity contribution is 5.89. The van der Waals surface area contributed by atoms with Crippen molar-refractivity contribution in [2.75, 3.05) is 0 Å². The Bertz CT molecular complexity index is 863. The molecule has 0 bridgehead atoms. The van der Waals surface area contributed by atoms with Gasteiger partial charge in [-0.1, -0.05) is 12.1 Å². The van der Waals surface area contributed by atoms with Gasteiger partial charge in [0.2, 0.25) is 0 Å². The monoisotopic (exact) mass is 342 g/mol. The Balaban J connectivity index is 1.80. The Morgan fingerprint density at radius 1 is 1.44 bits per heavy atom. The number of halogens is 2. The number of aliphatic hydroxyl groups is 1. The predicted octanol–water partition coefficient (Wildman–Crippen LogP) is 3.29.